The molecule has 0 saturated carbocycles. The molecule has 4 nitrogen and oxygen atoms in total. The number of hydrogen-bond acceptors (Lipinski definition) is 2. The predicted molar refractivity (Wildman–Crippen MR) is 81.1 cm³/mol. The molecule has 0 bridgehead atoms. The van der Waals surface area contributed by atoms with Crippen LogP contribution in [0.25, 0.3) is 10.9 Å². The van der Waals surface area contributed by atoms with E-state index in [1.54, 1.807) is 6.07 Å². The van der Waals surface area contributed by atoms with Gasteiger partial charge in [-0.05, 0) is 36.6 Å². The molecule has 1 atom stereocenters. The number of aromatic hydroxyl groups is 1. The summed E-state index contributed by atoms with van der Waals surface area (Å²) in [5.41, 5.74) is 4.87. The minimum Gasteiger partial charge on any atom is -0.508 e. The Labute approximate surface area is 123 Å². The van der Waals surface area contributed by atoms with E-state index in [1.165, 1.54) is 11.3 Å². The second-order valence-electron chi connectivity index (χ2n) is 6.00. The van der Waals surface area contributed by atoms with Crippen molar-refractivity contribution in [1.82, 2.24) is 9.47 Å². The van der Waals surface area contributed by atoms with Crippen LogP contribution in [-0.2, 0) is 18.3 Å². The van der Waals surface area contributed by atoms with Gasteiger partial charge in [-0.15, -0.1) is 0 Å². The van der Waals surface area contributed by atoms with Crippen molar-refractivity contribution in [3.63, 3.8) is 0 Å². The molecular formula is C17H18N2O2. The number of hydrogen-bond donors (Lipinski definition) is 1. The Morgan fingerprint density at radius 2 is 2.10 bits per heavy atom. The van der Waals surface area contributed by atoms with Gasteiger partial charge in [-0.2, -0.15) is 0 Å². The van der Waals surface area contributed by atoms with Gasteiger partial charge in [0.1, 0.15) is 5.75 Å². The smallest absolute Gasteiger partial charge is 0.226 e. The molecule has 1 aliphatic heterocycles. The first-order chi connectivity index (χ1) is 10.1. The van der Waals surface area contributed by atoms with Crippen LogP contribution < -0.4 is 0 Å². The zero-order valence-electron chi connectivity index (χ0n) is 12.3. The summed E-state index contributed by atoms with van der Waals surface area (Å²) in [6, 6.07) is 5.56. The van der Waals surface area contributed by atoms with Crippen molar-refractivity contribution in [2.75, 3.05) is 7.05 Å². The lowest BCUT2D eigenvalue weighted by molar-refractivity contribution is -0.130. The summed E-state index contributed by atoms with van der Waals surface area (Å²) in [6.07, 6.45) is 4.47. The third-order valence-corrected chi connectivity index (χ3v) is 4.95. The van der Waals surface area contributed by atoms with Crippen molar-refractivity contribution in [3.8, 4) is 5.75 Å². The van der Waals surface area contributed by atoms with E-state index in [2.05, 4.69) is 17.7 Å². The van der Waals surface area contributed by atoms with Crippen LogP contribution >= 0.6 is 0 Å². The Morgan fingerprint density at radius 3 is 2.90 bits per heavy atom. The highest BCUT2D eigenvalue weighted by Crippen LogP contribution is 2.44. The van der Waals surface area contributed by atoms with Crippen molar-refractivity contribution in [2.45, 2.75) is 25.2 Å². The zero-order valence-corrected chi connectivity index (χ0v) is 12.3. The molecule has 1 aromatic heterocycles. The second kappa shape index (κ2) is 4.13. The van der Waals surface area contributed by atoms with Crippen molar-refractivity contribution in [2.24, 2.45) is 7.05 Å². The number of fused-ring (bicyclic) bond motifs is 5. The number of aryl methyl sites for hydroxylation is 1. The molecule has 1 aliphatic carbocycles. The van der Waals surface area contributed by atoms with Crippen LogP contribution in [0.3, 0.4) is 0 Å². The van der Waals surface area contributed by atoms with Crippen LogP contribution in [0.4, 0.5) is 0 Å². The first kappa shape index (κ1) is 12.5. The first-order valence-electron chi connectivity index (χ1n) is 7.34. The largest absolute Gasteiger partial charge is 0.508 e. The molecule has 1 fully saturated rings. The number of rotatable bonds is 0. The molecule has 1 N–H and O–H groups in total. The molecule has 2 heterocycles. The van der Waals surface area contributed by atoms with E-state index in [0.717, 1.165) is 29.4 Å². The van der Waals surface area contributed by atoms with Gasteiger partial charge in [-0.1, -0.05) is 6.08 Å². The summed E-state index contributed by atoms with van der Waals surface area (Å²) >= 11 is 0. The standard InChI is InChI=1S/C17H18N2O2/c1-18-14-7-4-11-13-9-10(20)3-6-15(13)19(2)17(11)12(14)5-8-16(18)21/h3,6-7,9,12,20H,4-5,8H2,1-2H3. The molecule has 4 rings (SSSR count). The minimum atomic E-state index is 0.206. The molecule has 1 aromatic carbocycles. The Balaban J connectivity index is 1.95. The highest BCUT2D eigenvalue weighted by molar-refractivity contribution is 5.88. The van der Waals surface area contributed by atoms with Gasteiger partial charge in [-0.25, -0.2) is 0 Å². The normalized spacial score (nSPS) is 21.2. The summed E-state index contributed by atoms with van der Waals surface area (Å²) < 4.78 is 2.23. The number of carbonyl (C=O) groups excluding carboxylic acids is 1. The van der Waals surface area contributed by atoms with Crippen molar-refractivity contribution >= 4 is 16.8 Å². The van der Waals surface area contributed by atoms with Crippen LogP contribution in [0, 0.1) is 0 Å². The van der Waals surface area contributed by atoms with Gasteiger partial charge in [0.05, 0.1) is 0 Å². The number of nitrogens with zero attached hydrogens (tertiary/aromatic N) is 2. The Morgan fingerprint density at radius 1 is 1.29 bits per heavy atom. The summed E-state index contributed by atoms with van der Waals surface area (Å²) in [7, 11) is 3.96. The van der Waals surface area contributed by atoms with E-state index in [0.29, 0.717) is 12.2 Å². The number of phenols is 1. The molecule has 0 radical (unpaired) electrons. The predicted octanol–water partition coefficient (Wildman–Crippen LogP) is 2.66. The molecule has 21 heavy (non-hydrogen) atoms. The highest BCUT2D eigenvalue weighted by Gasteiger charge is 2.35. The van der Waals surface area contributed by atoms with Crippen LogP contribution in [-0.4, -0.2) is 27.5 Å². The van der Waals surface area contributed by atoms with Gasteiger partial charge < -0.3 is 14.6 Å². The molecule has 1 unspecified atom stereocenters. The maximum atomic E-state index is 11.9. The van der Waals surface area contributed by atoms with Crippen molar-refractivity contribution in [1.29, 1.82) is 0 Å². The number of carbonyl (C=O) groups is 1. The molecular weight excluding hydrogens is 264 g/mol. The molecule has 4 heteroatoms. The van der Waals surface area contributed by atoms with E-state index in [-0.39, 0.29) is 11.8 Å². The fraction of sp³-hybridized carbons (Fsp3) is 0.353. The van der Waals surface area contributed by atoms with Gasteiger partial charge in [-0.3, -0.25) is 4.79 Å². The first-order valence-corrected chi connectivity index (χ1v) is 7.34. The number of allylic oxidation sites excluding steroid dienone is 2. The molecule has 108 valence electrons. The fourth-order valence-corrected chi connectivity index (χ4v) is 3.91. The monoisotopic (exact) mass is 282 g/mol. The Hall–Kier alpha value is -2.23. The van der Waals surface area contributed by atoms with Crippen LogP contribution in [0.5, 0.6) is 5.75 Å². The second-order valence-corrected chi connectivity index (χ2v) is 6.00. The topological polar surface area (TPSA) is 45.5 Å². The zero-order chi connectivity index (χ0) is 14.7. The van der Waals surface area contributed by atoms with E-state index in [1.807, 2.05) is 24.1 Å². The van der Waals surface area contributed by atoms with E-state index in [4.69, 9.17) is 0 Å². The van der Waals surface area contributed by atoms with Gasteiger partial charge >= 0.3 is 0 Å². The molecule has 1 saturated heterocycles. The number of amides is 1. The fourth-order valence-electron chi connectivity index (χ4n) is 3.91. The number of piperidine rings is 1. The Kier molecular flexibility index (Phi) is 2.46. The average molecular weight is 282 g/mol. The van der Waals surface area contributed by atoms with Gasteiger partial charge in [0.2, 0.25) is 5.91 Å². The molecule has 0 spiro atoms. The lowest BCUT2D eigenvalue weighted by Crippen LogP contribution is -2.36. The number of aromatic nitrogens is 1. The number of phenolic OH excluding ortho intramolecular Hbond substituents is 1. The van der Waals surface area contributed by atoms with Gasteiger partial charge in [0.25, 0.3) is 0 Å². The van der Waals surface area contributed by atoms with Crippen LogP contribution in [0.2, 0.25) is 0 Å². The Bertz CT molecular complexity index is 801. The quantitative estimate of drug-likeness (QED) is 0.807. The molecule has 1 amide bonds. The van der Waals surface area contributed by atoms with E-state index >= 15 is 0 Å². The number of likely N-dealkylation sites (N-methyl/N-ethyl adjacent to an activating group) is 1. The van der Waals surface area contributed by atoms with E-state index in [9.17, 15) is 9.90 Å². The highest BCUT2D eigenvalue weighted by atomic mass is 16.3. The maximum absolute atomic E-state index is 11.9. The van der Waals surface area contributed by atoms with Crippen molar-refractivity contribution < 1.29 is 9.90 Å². The molecule has 2 aliphatic rings. The lowest BCUT2D eigenvalue weighted by atomic mass is 9.83. The van der Waals surface area contributed by atoms with Crippen molar-refractivity contribution in [3.05, 3.63) is 41.2 Å². The van der Waals surface area contributed by atoms with Gasteiger partial charge in [0, 0.05) is 48.7 Å². The van der Waals surface area contributed by atoms with E-state index < -0.39 is 0 Å². The minimum absolute atomic E-state index is 0.206. The lowest BCUT2D eigenvalue weighted by Gasteiger charge is -2.36. The third-order valence-electron chi connectivity index (χ3n) is 4.95. The number of likely N-dealkylation sites (tertiary alicyclic amines) is 1. The van der Waals surface area contributed by atoms with Gasteiger partial charge in [0.15, 0.2) is 0 Å². The summed E-state index contributed by atoms with van der Waals surface area (Å²) in [5.74, 6) is 0.801. The summed E-state index contributed by atoms with van der Waals surface area (Å²) in [6.45, 7) is 0. The maximum Gasteiger partial charge on any atom is 0.226 e. The third kappa shape index (κ3) is 1.59. The van der Waals surface area contributed by atoms with Crippen LogP contribution in [0.15, 0.2) is 30.0 Å². The summed E-state index contributed by atoms with van der Waals surface area (Å²) in [5, 5.41) is 10.9. The SMILES string of the molecule is CN1C(=O)CCC2C1=CCc1c2n(C)c2ccc(O)cc12. The summed E-state index contributed by atoms with van der Waals surface area (Å²) in [4.78, 5) is 13.7. The molecule has 2 aromatic rings. The average Bonchev–Trinajstić information content (AvgIpc) is 2.76. The van der Waals surface area contributed by atoms with Crippen LogP contribution in [0.1, 0.15) is 30.0 Å². The number of benzene rings is 1.